The van der Waals surface area contributed by atoms with Gasteiger partial charge in [-0.1, -0.05) is 11.6 Å². The van der Waals surface area contributed by atoms with Crippen LogP contribution in [0.15, 0.2) is 4.52 Å². The maximum absolute atomic E-state index is 12.2. The van der Waals surface area contributed by atoms with Crippen LogP contribution in [0, 0.1) is 0 Å². The van der Waals surface area contributed by atoms with Crippen molar-refractivity contribution in [2.45, 2.75) is 38.3 Å². The van der Waals surface area contributed by atoms with Crippen LogP contribution in [0.3, 0.4) is 0 Å². The summed E-state index contributed by atoms with van der Waals surface area (Å²) < 4.78 is 4.85. The molecule has 0 aliphatic carbocycles. The second-order valence-electron chi connectivity index (χ2n) is 6.02. The molecule has 3 heterocycles. The maximum atomic E-state index is 12.2. The predicted molar refractivity (Wildman–Crippen MR) is 80.5 cm³/mol. The molecular formula is C14H22N6O3. The summed E-state index contributed by atoms with van der Waals surface area (Å²) in [5.74, 6) is -0.769. The molecule has 2 saturated heterocycles. The highest BCUT2D eigenvalue weighted by molar-refractivity contribution is 5.88. The molecule has 2 aliphatic heterocycles. The van der Waals surface area contributed by atoms with Crippen LogP contribution in [0.1, 0.15) is 42.2 Å². The first-order valence-corrected chi connectivity index (χ1v) is 8.02. The highest BCUT2D eigenvalue weighted by atomic mass is 16.5. The standard InChI is InChI=1S/C14H22N6O3/c15-12(21)13-17-11(23-18-13)8-16-14(22)20-7-4-10(9-20)19-5-2-1-3-6-19/h10H,1-9H2,(H2,15,21)(H,16,22). The molecule has 3 amide bonds. The molecular weight excluding hydrogens is 300 g/mol. The number of carbonyl (C=O) groups is 2. The summed E-state index contributed by atoms with van der Waals surface area (Å²) in [5, 5.41) is 6.17. The van der Waals surface area contributed by atoms with Crippen LogP contribution in [-0.2, 0) is 6.54 Å². The highest BCUT2D eigenvalue weighted by Gasteiger charge is 2.30. The molecule has 126 valence electrons. The molecule has 3 rings (SSSR count). The summed E-state index contributed by atoms with van der Waals surface area (Å²) in [6, 6.07) is 0.314. The fourth-order valence-corrected chi connectivity index (χ4v) is 3.20. The minimum Gasteiger partial charge on any atom is -0.363 e. The average Bonchev–Trinajstić information content (AvgIpc) is 3.23. The molecule has 0 radical (unpaired) electrons. The van der Waals surface area contributed by atoms with Crippen LogP contribution in [0.5, 0.6) is 0 Å². The Morgan fingerprint density at radius 2 is 2.04 bits per heavy atom. The first kappa shape index (κ1) is 15.7. The Kier molecular flexibility index (Phi) is 4.75. The lowest BCUT2D eigenvalue weighted by molar-refractivity contribution is 0.0987. The fraction of sp³-hybridized carbons (Fsp3) is 0.714. The summed E-state index contributed by atoms with van der Waals surface area (Å²) >= 11 is 0. The fourth-order valence-electron chi connectivity index (χ4n) is 3.20. The van der Waals surface area contributed by atoms with E-state index in [-0.39, 0.29) is 24.3 Å². The number of hydrogen-bond acceptors (Lipinski definition) is 6. The molecule has 0 saturated carbocycles. The van der Waals surface area contributed by atoms with Crippen LogP contribution < -0.4 is 11.1 Å². The number of aromatic nitrogens is 2. The topological polar surface area (TPSA) is 118 Å². The largest absolute Gasteiger partial charge is 0.363 e. The molecule has 1 aromatic rings. The Labute approximate surface area is 134 Å². The molecule has 9 heteroatoms. The normalized spacial score (nSPS) is 22.3. The number of likely N-dealkylation sites (tertiary alicyclic amines) is 2. The number of carbonyl (C=O) groups excluding carboxylic acids is 2. The zero-order chi connectivity index (χ0) is 16.2. The molecule has 2 aliphatic rings. The summed E-state index contributed by atoms with van der Waals surface area (Å²) in [6.45, 7) is 3.87. The summed E-state index contributed by atoms with van der Waals surface area (Å²) in [4.78, 5) is 31.2. The van der Waals surface area contributed by atoms with E-state index in [1.54, 1.807) is 0 Å². The predicted octanol–water partition coefficient (Wildman–Crippen LogP) is -0.0617. The van der Waals surface area contributed by atoms with Gasteiger partial charge in [-0.25, -0.2) is 4.79 Å². The molecule has 0 bridgehead atoms. The number of primary amides is 1. The van der Waals surface area contributed by atoms with E-state index in [0.717, 1.165) is 32.6 Å². The molecule has 23 heavy (non-hydrogen) atoms. The Balaban J connectivity index is 1.46. The SMILES string of the molecule is NC(=O)c1noc(CNC(=O)N2CCC(N3CCCCC3)C2)n1. The lowest BCUT2D eigenvalue weighted by atomic mass is 10.1. The minimum atomic E-state index is -0.754. The number of nitrogens with one attached hydrogen (secondary N) is 1. The Morgan fingerprint density at radius 3 is 2.74 bits per heavy atom. The van der Waals surface area contributed by atoms with E-state index < -0.39 is 5.91 Å². The van der Waals surface area contributed by atoms with Gasteiger partial charge in [-0.05, 0) is 32.4 Å². The minimum absolute atomic E-state index is 0.0873. The molecule has 3 N–H and O–H groups in total. The number of amides is 3. The van der Waals surface area contributed by atoms with Gasteiger partial charge in [0.2, 0.25) is 5.89 Å². The Hall–Kier alpha value is -2.16. The number of rotatable bonds is 4. The molecule has 0 spiro atoms. The van der Waals surface area contributed by atoms with Gasteiger partial charge in [-0.3, -0.25) is 9.69 Å². The zero-order valence-corrected chi connectivity index (χ0v) is 13.0. The lowest BCUT2D eigenvalue weighted by Crippen LogP contribution is -2.43. The Bertz CT molecular complexity index is 569. The molecule has 0 aromatic carbocycles. The van der Waals surface area contributed by atoms with E-state index in [4.69, 9.17) is 10.3 Å². The summed E-state index contributed by atoms with van der Waals surface area (Å²) in [6.07, 6.45) is 4.83. The average molecular weight is 322 g/mol. The third kappa shape index (κ3) is 3.79. The van der Waals surface area contributed by atoms with Crippen molar-refractivity contribution in [2.24, 2.45) is 5.73 Å². The van der Waals surface area contributed by atoms with Gasteiger partial charge in [0.25, 0.3) is 11.7 Å². The van der Waals surface area contributed by atoms with Gasteiger partial charge in [0, 0.05) is 19.1 Å². The van der Waals surface area contributed by atoms with Crippen LogP contribution >= 0.6 is 0 Å². The highest BCUT2D eigenvalue weighted by Crippen LogP contribution is 2.20. The van der Waals surface area contributed by atoms with Crippen molar-refractivity contribution < 1.29 is 14.1 Å². The van der Waals surface area contributed by atoms with Crippen molar-refractivity contribution in [3.05, 3.63) is 11.7 Å². The van der Waals surface area contributed by atoms with Gasteiger partial charge in [0.15, 0.2) is 0 Å². The van der Waals surface area contributed by atoms with E-state index in [1.165, 1.54) is 19.3 Å². The molecule has 1 atom stereocenters. The second kappa shape index (κ2) is 6.95. The lowest BCUT2D eigenvalue weighted by Gasteiger charge is -2.32. The van der Waals surface area contributed by atoms with Crippen molar-refractivity contribution in [1.29, 1.82) is 0 Å². The number of nitrogens with two attached hydrogens (primary N) is 1. The van der Waals surface area contributed by atoms with Crippen LogP contribution in [-0.4, -0.2) is 64.1 Å². The van der Waals surface area contributed by atoms with Crippen LogP contribution in [0.2, 0.25) is 0 Å². The van der Waals surface area contributed by atoms with Gasteiger partial charge in [0.05, 0.1) is 6.54 Å². The van der Waals surface area contributed by atoms with Crippen molar-refractivity contribution in [1.82, 2.24) is 25.3 Å². The molecule has 1 aromatic heterocycles. The first-order valence-electron chi connectivity index (χ1n) is 8.02. The smallest absolute Gasteiger partial charge is 0.317 e. The summed E-state index contributed by atoms with van der Waals surface area (Å²) in [5.41, 5.74) is 5.04. The number of piperidine rings is 1. The van der Waals surface area contributed by atoms with Gasteiger partial charge in [-0.15, -0.1) is 0 Å². The number of nitrogens with zero attached hydrogens (tertiary/aromatic N) is 4. The van der Waals surface area contributed by atoms with Crippen LogP contribution in [0.25, 0.3) is 0 Å². The number of hydrogen-bond donors (Lipinski definition) is 2. The van der Waals surface area contributed by atoms with Gasteiger partial charge in [0.1, 0.15) is 0 Å². The van der Waals surface area contributed by atoms with E-state index in [2.05, 4.69) is 20.4 Å². The monoisotopic (exact) mass is 322 g/mol. The van der Waals surface area contributed by atoms with Gasteiger partial charge >= 0.3 is 6.03 Å². The molecule has 9 nitrogen and oxygen atoms in total. The first-order chi connectivity index (χ1) is 11.1. The Morgan fingerprint density at radius 1 is 1.26 bits per heavy atom. The van der Waals surface area contributed by atoms with Gasteiger partial charge < -0.3 is 20.5 Å². The van der Waals surface area contributed by atoms with Gasteiger partial charge in [-0.2, -0.15) is 4.98 Å². The zero-order valence-electron chi connectivity index (χ0n) is 13.0. The maximum Gasteiger partial charge on any atom is 0.317 e. The van der Waals surface area contributed by atoms with Crippen molar-refractivity contribution in [2.75, 3.05) is 26.2 Å². The van der Waals surface area contributed by atoms with E-state index in [9.17, 15) is 9.59 Å². The van der Waals surface area contributed by atoms with E-state index in [0.29, 0.717) is 6.04 Å². The third-order valence-corrected chi connectivity index (χ3v) is 4.44. The second-order valence-corrected chi connectivity index (χ2v) is 6.02. The van der Waals surface area contributed by atoms with Crippen molar-refractivity contribution in [3.63, 3.8) is 0 Å². The molecule has 2 fully saturated rings. The van der Waals surface area contributed by atoms with E-state index in [1.807, 2.05) is 4.90 Å². The third-order valence-electron chi connectivity index (χ3n) is 4.44. The quantitative estimate of drug-likeness (QED) is 0.802. The van der Waals surface area contributed by atoms with Crippen molar-refractivity contribution in [3.8, 4) is 0 Å². The molecule has 1 unspecified atom stereocenters. The number of urea groups is 1. The van der Waals surface area contributed by atoms with Crippen molar-refractivity contribution >= 4 is 11.9 Å². The summed E-state index contributed by atoms with van der Waals surface area (Å²) in [7, 11) is 0. The van der Waals surface area contributed by atoms with E-state index >= 15 is 0 Å². The van der Waals surface area contributed by atoms with Crippen LogP contribution in [0.4, 0.5) is 4.79 Å².